The molecule has 1 unspecified atom stereocenters. The average Bonchev–Trinajstić information content (AvgIpc) is 2.42. The van der Waals surface area contributed by atoms with Crippen molar-refractivity contribution in [2.24, 2.45) is 5.92 Å². The summed E-state index contributed by atoms with van der Waals surface area (Å²) in [7, 11) is 2.18. The Bertz CT molecular complexity index is 357. The van der Waals surface area contributed by atoms with Crippen LogP contribution in [0.5, 0.6) is 0 Å². The fourth-order valence-electron chi connectivity index (χ4n) is 2.81. The van der Waals surface area contributed by atoms with E-state index >= 15 is 0 Å². The SMILES string of the molecule is CSc1ccc(C(CO)C2CCN(C)CC2)cc1. The van der Waals surface area contributed by atoms with Crippen molar-refractivity contribution in [3.8, 4) is 0 Å². The van der Waals surface area contributed by atoms with Crippen LogP contribution in [-0.2, 0) is 0 Å². The van der Waals surface area contributed by atoms with Gasteiger partial charge in [0.1, 0.15) is 0 Å². The Morgan fingerprint density at radius 1 is 1.28 bits per heavy atom. The zero-order valence-electron chi connectivity index (χ0n) is 11.3. The molecule has 18 heavy (non-hydrogen) atoms. The Hall–Kier alpha value is -0.510. The van der Waals surface area contributed by atoms with Gasteiger partial charge in [-0.05, 0) is 62.8 Å². The molecule has 2 nitrogen and oxygen atoms in total. The minimum atomic E-state index is 0.271. The number of benzene rings is 1. The number of nitrogens with zero attached hydrogens (tertiary/aromatic N) is 1. The van der Waals surface area contributed by atoms with Gasteiger partial charge in [-0.15, -0.1) is 11.8 Å². The molecule has 3 heteroatoms. The number of likely N-dealkylation sites (tertiary alicyclic amines) is 1. The van der Waals surface area contributed by atoms with E-state index in [4.69, 9.17) is 0 Å². The third-order valence-corrected chi connectivity index (χ3v) is 4.82. The lowest BCUT2D eigenvalue weighted by atomic mass is 9.80. The number of aliphatic hydroxyl groups excluding tert-OH is 1. The lowest BCUT2D eigenvalue weighted by Gasteiger charge is -2.33. The van der Waals surface area contributed by atoms with E-state index in [-0.39, 0.29) is 6.61 Å². The zero-order chi connectivity index (χ0) is 13.0. The first-order chi connectivity index (χ1) is 8.74. The van der Waals surface area contributed by atoms with Crippen LogP contribution in [-0.4, -0.2) is 43.0 Å². The van der Waals surface area contributed by atoms with Crippen molar-refractivity contribution < 1.29 is 5.11 Å². The Morgan fingerprint density at radius 2 is 1.89 bits per heavy atom. The molecule has 0 aromatic heterocycles. The van der Waals surface area contributed by atoms with Gasteiger partial charge in [-0.3, -0.25) is 0 Å². The quantitative estimate of drug-likeness (QED) is 0.847. The van der Waals surface area contributed by atoms with E-state index in [2.05, 4.69) is 42.5 Å². The second kappa shape index (κ2) is 6.60. The highest BCUT2D eigenvalue weighted by molar-refractivity contribution is 7.98. The molecule has 1 atom stereocenters. The van der Waals surface area contributed by atoms with Gasteiger partial charge < -0.3 is 10.0 Å². The summed E-state index contributed by atoms with van der Waals surface area (Å²) in [5, 5.41) is 9.71. The van der Waals surface area contributed by atoms with Gasteiger partial charge >= 0.3 is 0 Å². The van der Waals surface area contributed by atoms with Gasteiger partial charge in [0.15, 0.2) is 0 Å². The summed E-state index contributed by atoms with van der Waals surface area (Å²) in [4.78, 5) is 3.67. The van der Waals surface area contributed by atoms with Crippen molar-refractivity contribution >= 4 is 11.8 Å². The third kappa shape index (κ3) is 3.28. The molecule has 1 saturated heterocycles. The molecule has 1 aromatic rings. The molecule has 0 aliphatic carbocycles. The van der Waals surface area contributed by atoms with Crippen molar-refractivity contribution in [2.75, 3.05) is 33.0 Å². The Labute approximate surface area is 114 Å². The molecular weight excluding hydrogens is 242 g/mol. The Morgan fingerprint density at radius 3 is 2.39 bits per heavy atom. The van der Waals surface area contributed by atoms with Gasteiger partial charge in [-0.2, -0.15) is 0 Å². The van der Waals surface area contributed by atoms with Crippen LogP contribution in [0, 0.1) is 5.92 Å². The Balaban J connectivity index is 2.07. The molecule has 1 N–H and O–H groups in total. The maximum atomic E-state index is 9.71. The van der Waals surface area contributed by atoms with Crippen molar-refractivity contribution in [1.29, 1.82) is 0 Å². The van der Waals surface area contributed by atoms with Crippen LogP contribution < -0.4 is 0 Å². The minimum absolute atomic E-state index is 0.271. The maximum absolute atomic E-state index is 9.71. The maximum Gasteiger partial charge on any atom is 0.0502 e. The first kappa shape index (κ1) is 13.9. The summed E-state index contributed by atoms with van der Waals surface area (Å²) in [5.41, 5.74) is 1.30. The number of rotatable bonds is 4. The molecule has 100 valence electrons. The van der Waals surface area contributed by atoms with E-state index in [1.165, 1.54) is 23.3 Å². The standard InChI is InChI=1S/C15H23NOS/c1-16-9-7-13(8-10-16)15(11-17)12-3-5-14(18-2)6-4-12/h3-6,13,15,17H,7-11H2,1-2H3. The molecule has 2 rings (SSSR count). The highest BCUT2D eigenvalue weighted by Crippen LogP contribution is 2.32. The van der Waals surface area contributed by atoms with Crippen LogP contribution in [0.3, 0.4) is 0 Å². The van der Waals surface area contributed by atoms with Crippen LogP contribution in [0.15, 0.2) is 29.2 Å². The van der Waals surface area contributed by atoms with Crippen molar-refractivity contribution in [3.63, 3.8) is 0 Å². The number of aliphatic hydroxyl groups is 1. The molecule has 1 aliphatic rings. The predicted octanol–water partition coefficient (Wildman–Crippen LogP) is 2.83. The second-order valence-electron chi connectivity index (χ2n) is 5.20. The summed E-state index contributed by atoms with van der Waals surface area (Å²) in [5.74, 6) is 0.945. The normalized spacial score (nSPS) is 19.9. The fourth-order valence-corrected chi connectivity index (χ4v) is 3.22. The molecule has 1 aromatic carbocycles. The van der Waals surface area contributed by atoms with E-state index in [0.717, 1.165) is 13.1 Å². The second-order valence-corrected chi connectivity index (χ2v) is 6.08. The van der Waals surface area contributed by atoms with Crippen molar-refractivity contribution in [3.05, 3.63) is 29.8 Å². The number of piperidine rings is 1. The first-order valence-corrected chi connectivity index (χ1v) is 7.90. The number of hydrogen-bond donors (Lipinski definition) is 1. The summed E-state index contributed by atoms with van der Waals surface area (Å²) in [6.07, 6.45) is 4.49. The average molecular weight is 265 g/mol. The monoisotopic (exact) mass is 265 g/mol. The minimum Gasteiger partial charge on any atom is -0.396 e. The number of thioether (sulfide) groups is 1. The van der Waals surface area contributed by atoms with Gasteiger partial charge in [0.05, 0.1) is 6.61 Å². The lowest BCUT2D eigenvalue weighted by molar-refractivity contribution is 0.156. The lowest BCUT2D eigenvalue weighted by Crippen LogP contribution is -2.33. The molecule has 0 radical (unpaired) electrons. The largest absolute Gasteiger partial charge is 0.396 e. The summed E-state index contributed by atoms with van der Waals surface area (Å²) < 4.78 is 0. The number of hydrogen-bond acceptors (Lipinski definition) is 3. The smallest absolute Gasteiger partial charge is 0.0502 e. The predicted molar refractivity (Wildman–Crippen MR) is 78.3 cm³/mol. The van der Waals surface area contributed by atoms with Gasteiger partial charge in [0, 0.05) is 10.8 Å². The molecule has 1 fully saturated rings. The van der Waals surface area contributed by atoms with Crippen LogP contribution in [0.4, 0.5) is 0 Å². The fraction of sp³-hybridized carbons (Fsp3) is 0.600. The van der Waals surface area contributed by atoms with E-state index in [9.17, 15) is 5.11 Å². The van der Waals surface area contributed by atoms with Crippen molar-refractivity contribution in [2.45, 2.75) is 23.7 Å². The summed E-state index contributed by atoms with van der Waals surface area (Å²) >= 11 is 1.76. The van der Waals surface area contributed by atoms with E-state index < -0.39 is 0 Å². The molecular formula is C15H23NOS. The molecule has 1 heterocycles. The van der Waals surface area contributed by atoms with Gasteiger partial charge in [-0.1, -0.05) is 12.1 Å². The van der Waals surface area contributed by atoms with Crippen LogP contribution in [0.25, 0.3) is 0 Å². The highest BCUT2D eigenvalue weighted by atomic mass is 32.2. The Kier molecular flexibility index (Phi) is 5.10. The highest BCUT2D eigenvalue weighted by Gasteiger charge is 2.25. The zero-order valence-corrected chi connectivity index (χ0v) is 12.1. The van der Waals surface area contributed by atoms with Crippen molar-refractivity contribution in [1.82, 2.24) is 4.90 Å². The van der Waals surface area contributed by atoms with Crippen LogP contribution >= 0.6 is 11.8 Å². The van der Waals surface area contributed by atoms with Gasteiger partial charge in [0.2, 0.25) is 0 Å². The molecule has 0 spiro atoms. The topological polar surface area (TPSA) is 23.5 Å². The van der Waals surface area contributed by atoms with Gasteiger partial charge in [0.25, 0.3) is 0 Å². The van der Waals surface area contributed by atoms with Crippen LogP contribution in [0.2, 0.25) is 0 Å². The summed E-state index contributed by atoms with van der Waals surface area (Å²) in [6, 6.07) is 8.70. The first-order valence-electron chi connectivity index (χ1n) is 6.68. The van der Waals surface area contributed by atoms with E-state index in [1.54, 1.807) is 11.8 Å². The third-order valence-electron chi connectivity index (χ3n) is 4.07. The molecule has 0 saturated carbocycles. The molecule has 0 amide bonds. The van der Waals surface area contributed by atoms with Gasteiger partial charge in [-0.25, -0.2) is 0 Å². The summed E-state index contributed by atoms with van der Waals surface area (Å²) in [6.45, 7) is 2.58. The van der Waals surface area contributed by atoms with Crippen LogP contribution in [0.1, 0.15) is 24.3 Å². The van der Waals surface area contributed by atoms with E-state index in [1.807, 2.05) is 0 Å². The molecule has 0 bridgehead atoms. The van der Waals surface area contributed by atoms with E-state index in [0.29, 0.717) is 11.8 Å². The molecule has 1 aliphatic heterocycles.